The summed E-state index contributed by atoms with van der Waals surface area (Å²) in [5, 5.41) is 19.3. The third-order valence-corrected chi connectivity index (χ3v) is 2.14. The monoisotopic (exact) mass is 258 g/mol. The number of hydrogen-bond acceptors (Lipinski definition) is 4. The Hall–Kier alpha value is -2.43. The molecule has 0 heterocycles. The highest BCUT2D eigenvalue weighted by molar-refractivity contribution is 5.99. The van der Waals surface area contributed by atoms with Gasteiger partial charge in [-0.1, -0.05) is 0 Å². The number of rotatable bonds is 2. The van der Waals surface area contributed by atoms with Crippen LogP contribution in [0.3, 0.4) is 0 Å². The zero-order valence-corrected chi connectivity index (χ0v) is 8.91. The zero-order chi connectivity index (χ0) is 14.1. The highest BCUT2D eigenvalue weighted by atomic mass is 19.4. The molecule has 1 rings (SSSR count). The molecule has 0 N–H and O–H groups in total. The molecule has 0 unspecified atom stereocenters. The first-order valence-electron chi connectivity index (χ1n) is 4.49. The van der Waals surface area contributed by atoms with Crippen molar-refractivity contribution >= 4 is 11.5 Å². The lowest BCUT2D eigenvalue weighted by Crippen LogP contribution is -2.14. The van der Waals surface area contributed by atoms with Crippen molar-refractivity contribution in [3.63, 3.8) is 0 Å². The molecule has 0 spiro atoms. The minimum absolute atomic E-state index is 0.675. The van der Waals surface area contributed by atoms with Crippen LogP contribution in [0.1, 0.15) is 28.4 Å². The summed E-state index contributed by atoms with van der Waals surface area (Å²) in [6, 6.07) is 2.81. The molecule has 0 aromatic heterocycles. The molecule has 0 atom stereocenters. The van der Waals surface area contributed by atoms with Crippen molar-refractivity contribution < 1.29 is 22.9 Å². The minimum Gasteiger partial charge on any atom is -0.294 e. The van der Waals surface area contributed by atoms with E-state index in [1.165, 1.54) is 6.07 Å². The third kappa shape index (κ3) is 2.29. The number of alkyl halides is 3. The predicted octanol–water partition coefficient (Wildman–Crippen LogP) is 2.69. The number of hydrogen-bond donors (Lipinski definition) is 0. The molecule has 0 saturated heterocycles. The summed E-state index contributed by atoms with van der Waals surface area (Å²) in [4.78, 5) is 20.5. The molecule has 1 aromatic carbocycles. The number of benzene rings is 1. The fourth-order valence-electron chi connectivity index (χ4n) is 1.45. The van der Waals surface area contributed by atoms with E-state index < -0.39 is 39.3 Å². The summed E-state index contributed by atoms with van der Waals surface area (Å²) in [5.74, 6) is -0.878. The number of nitriles is 1. The van der Waals surface area contributed by atoms with Gasteiger partial charge in [0.1, 0.15) is 6.07 Å². The van der Waals surface area contributed by atoms with Gasteiger partial charge in [0.2, 0.25) is 0 Å². The summed E-state index contributed by atoms with van der Waals surface area (Å²) in [6.07, 6.45) is -5.08. The largest absolute Gasteiger partial charge is 0.424 e. The van der Waals surface area contributed by atoms with Gasteiger partial charge in [-0.05, 0) is 19.1 Å². The quantitative estimate of drug-likeness (QED) is 0.463. The maximum atomic E-state index is 12.7. The van der Waals surface area contributed by atoms with Gasteiger partial charge in [-0.25, -0.2) is 0 Å². The average molecular weight is 258 g/mol. The first-order valence-corrected chi connectivity index (χ1v) is 4.49. The van der Waals surface area contributed by atoms with Crippen molar-refractivity contribution in [2.24, 2.45) is 0 Å². The minimum atomic E-state index is -5.08. The van der Waals surface area contributed by atoms with Crippen molar-refractivity contribution in [1.82, 2.24) is 0 Å². The molecule has 8 heteroatoms. The van der Waals surface area contributed by atoms with Crippen LogP contribution in [0.2, 0.25) is 0 Å². The van der Waals surface area contributed by atoms with Gasteiger partial charge in [-0.2, -0.15) is 18.4 Å². The number of ketones is 1. The molecule has 1 aromatic rings. The molecule has 0 aliphatic rings. The van der Waals surface area contributed by atoms with E-state index in [1.807, 2.05) is 0 Å². The first kappa shape index (κ1) is 13.6. The molecule has 94 valence electrons. The van der Waals surface area contributed by atoms with Gasteiger partial charge < -0.3 is 0 Å². The zero-order valence-electron chi connectivity index (χ0n) is 8.91. The lowest BCUT2D eigenvalue weighted by Gasteiger charge is -2.10. The van der Waals surface area contributed by atoms with E-state index in [2.05, 4.69) is 0 Å². The van der Waals surface area contributed by atoms with Crippen LogP contribution in [0.15, 0.2) is 12.1 Å². The number of carbonyl (C=O) groups is 1. The fraction of sp³-hybridized carbons (Fsp3) is 0.200. The Morgan fingerprint density at radius 2 is 2.00 bits per heavy atom. The van der Waals surface area contributed by atoms with Gasteiger partial charge in [0.05, 0.1) is 16.1 Å². The number of Topliss-reactive ketones (excluding diaryl/α,β-unsaturated/α-hetero) is 1. The lowest BCUT2D eigenvalue weighted by atomic mass is 9.99. The second-order valence-electron chi connectivity index (χ2n) is 3.31. The van der Waals surface area contributed by atoms with Crippen LogP contribution in [0.4, 0.5) is 18.9 Å². The molecular formula is C10H5F3N2O3. The molecule has 5 nitrogen and oxygen atoms in total. The van der Waals surface area contributed by atoms with Crippen LogP contribution < -0.4 is 0 Å². The average Bonchev–Trinajstić information content (AvgIpc) is 2.25. The number of nitro benzene ring substituents is 1. The SMILES string of the molecule is CC(=O)c1ccc(C#N)c(C(F)(F)F)c1[N+](=O)[O-]. The molecule has 0 bridgehead atoms. The lowest BCUT2D eigenvalue weighted by molar-refractivity contribution is -0.388. The Bertz CT molecular complexity index is 573. The normalized spacial score (nSPS) is 10.8. The second kappa shape index (κ2) is 4.44. The summed E-state index contributed by atoms with van der Waals surface area (Å²) in [5.41, 5.74) is -4.64. The smallest absolute Gasteiger partial charge is 0.294 e. The van der Waals surface area contributed by atoms with Crippen LogP contribution in [0, 0.1) is 21.4 Å². The van der Waals surface area contributed by atoms with Crippen LogP contribution in [0.25, 0.3) is 0 Å². The second-order valence-corrected chi connectivity index (χ2v) is 3.31. The van der Waals surface area contributed by atoms with Crippen LogP contribution >= 0.6 is 0 Å². The van der Waals surface area contributed by atoms with Gasteiger partial charge >= 0.3 is 6.18 Å². The molecule has 0 radical (unpaired) electrons. The van der Waals surface area contributed by atoms with Crippen molar-refractivity contribution in [3.8, 4) is 6.07 Å². The Morgan fingerprint density at radius 1 is 1.44 bits per heavy atom. The third-order valence-electron chi connectivity index (χ3n) is 2.14. The van der Waals surface area contributed by atoms with E-state index in [0.29, 0.717) is 0 Å². The predicted molar refractivity (Wildman–Crippen MR) is 52.8 cm³/mol. The molecule has 0 saturated carbocycles. The van der Waals surface area contributed by atoms with Crippen molar-refractivity contribution in [2.75, 3.05) is 0 Å². The molecule has 0 amide bonds. The van der Waals surface area contributed by atoms with E-state index in [1.54, 1.807) is 0 Å². The molecule has 0 fully saturated rings. The maximum Gasteiger partial charge on any atom is 0.424 e. The standard InChI is InChI=1S/C10H5F3N2O3/c1-5(16)7-3-2-6(4-14)8(10(11,12)13)9(7)15(17)18/h2-3H,1H3. The van der Waals surface area contributed by atoms with E-state index >= 15 is 0 Å². The molecule has 0 aliphatic heterocycles. The molecular weight excluding hydrogens is 253 g/mol. The summed E-state index contributed by atoms with van der Waals surface area (Å²) < 4.78 is 38.2. The van der Waals surface area contributed by atoms with Gasteiger partial charge in [0.15, 0.2) is 11.3 Å². The van der Waals surface area contributed by atoms with Crippen LogP contribution in [-0.2, 0) is 6.18 Å². The van der Waals surface area contributed by atoms with E-state index in [4.69, 9.17) is 5.26 Å². The Balaban J connectivity index is 3.84. The highest BCUT2D eigenvalue weighted by Crippen LogP contribution is 2.40. The summed E-state index contributed by atoms with van der Waals surface area (Å²) in [7, 11) is 0. The van der Waals surface area contributed by atoms with Crippen LogP contribution in [-0.4, -0.2) is 10.7 Å². The maximum absolute atomic E-state index is 12.7. The van der Waals surface area contributed by atoms with E-state index in [-0.39, 0.29) is 0 Å². The van der Waals surface area contributed by atoms with Crippen LogP contribution in [0.5, 0.6) is 0 Å². The van der Waals surface area contributed by atoms with Gasteiger partial charge in [0.25, 0.3) is 5.69 Å². The van der Waals surface area contributed by atoms with Gasteiger partial charge in [-0.3, -0.25) is 14.9 Å². The number of halogens is 3. The van der Waals surface area contributed by atoms with Gasteiger partial charge in [0, 0.05) is 0 Å². The summed E-state index contributed by atoms with van der Waals surface area (Å²) >= 11 is 0. The van der Waals surface area contributed by atoms with Crippen molar-refractivity contribution in [3.05, 3.63) is 38.9 Å². The van der Waals surface area contributed by atoms with Gasteiger partial charge in [-0.15, -0.1) is 0 Å². The molecule has 0 aliphatic carbocycles. The summed E-state index contributed by atoms with van der Waals surface area (Å²) in [6.45, 7) is 0.911. The topological polar surface area (TPSA) is 84.0 Å². The Morgan fingerprint density at radius 3 is 2.33 bits per heavy atom. The first-order chi connectivity index (χ1) is 8.20. The van der Waals surface area contributed by atoms with E-state index in [0.717, 1.165) is 19.1 Å². The number of nitro groups is 1. The number of nitrogens with zero attached hydrogens (tertiary/aromatic N) is 2. The van der Waals surface area contributed by atoms with Crippen molar-refractivity contribution in [2.45, 2.75) is 13.1 Å². The number of carbonyl (C=O) groups excluding carboxylic acids is 1. The fourth-order valence-corrected chi connectivity index (χ4v) is 1.45. The van der Waals surface area contributed by atoms with E-state index in [9.17, 15) is 28.1 Å². The molecule has 18 heavy (non-hydrogen) atoms. The highest BCUT2D eigenvalue weighted by Gasteiger charge is 2.43. The Labute approximate surface area is 98.6 Å². The van der Waals surface area contributed by atoms with Crippen molar-refractivity contribution in [1.29, 1.82) is 5.26 Å². The Kier molecular flexibility index (Phi) is 3.37.